The van der Waals surface area contributed by atoms with Crippen LogP contribution in [0.1, 0.15) is 90.2 Å². The van der Waals surface area contributed by atoms with Crippen LogP contribution in [0.15, 0.2) is 109 Å². The lowest BCUT2D eigenvalue weighted by Crippen LogP contribution is -2.40. The first-order valence-electron chi connectivity index (χ1n) is 23.7. The number of unbranched alkanes of at least 4 members (excludes halogenated alkanes) is 4. The van der Waals surface area contributed by atoms with Gasteiger partial charge in [0.05, 0.1) is 42.3 Å². The Balaban J connectivity index is 1.24. The predicted octanol–water partition coefficient (Wildman–Crippen LogP) is 9.24. The van der Waals surface area contributed by atoms with Crippen molar-refractivity contribution in [2.24, 2.45) is 0 Å². The quantitative estimate of drug-likeness (QED) is 0.0260. The number of benzene rings is 4. The van der Waals surface area contributed by atoms with Gasteiger partial charge in [-0.25, -0.2) is 0 Å². The molecule has 2 aliphatic rings. The Morgan fingerprint density at radius 1 is 0.521 bits per heavy atom. The zero-order chi connectivity index (χ0) is 51.8. The summed E-state index contributed by atoms with van der Waals surface area (Å²) < 4.78 is 140. The third-order valence-electron chi connectivity index (χ3n) is 13.0. The highest BCUT2D eigenvalue weighted by Crippen LogP contribution is 2.52. The van der Waals surface area contributed by atoms with Crippen LogP contribution in [0, 0.1) is 0 Å². The zero-order valence-corrected chi connectivity index (χ0v) is 43.9. The van der Waals surface area contributed by atoms with E-state index in [1.807, 2.05) is 85.0 Å². The monoisotopic (exact) mass is 1060 g/mol. The van der Waals surface area contributed by atoms with Crippen molar-refractivity contribution in [3.8, 4) is 11.5 Å². The van der Waals surface area contributed by atoms with Crippen LogP contribution < -0.4 is 19.3 Å². The Kier molecular flexibility index (Phi) is 17.9. The molecule has 4 aromatic carbocycles. The fourth-order valence-electron chi connectivity index (χ4n) is 9.76. The fraction of sp³-hybridized carbons (Fsp3) is 0.451. The molecule has 2 heterocycles. The summed E-state index contributed by atoms with van der Waals surface area (Å²) in [6.07, 6.45) is 16.9. The molecule has 1 atom stereocenters. The minimum Gasteiger partial charge on any atom is -0.494 e. The van der Waals surface area contributed by atoms with E-state index < -0.39 is 51.3 Å². The van der Waals surface area contributed by atoms with Crippen LogP contribution in [0.2, 0.25) is 0 Å². The first kappa shape index (κ1) is 55.5. The molecule has 0 aliphatic carbocycles. The van der Waals surface area contributed by atoms with Crippen LogP contribution in [0.25, 0.3) is 21.5 Å². The summed E-state index contributed by atoms with van der Waals surface area (Å²) in [6, 6.07) is 19.7. The predicted molar refractivity (Wildman–Crippen MR) is 282 cm³/mol. The normalized spacial score (nSPS) is 17.7. The summed E-state index contributed by atoms with van der Waals surface area (Å²) in [4.78, 5) is 4.45. The summed E-state index contributed by atoms with van der Waals surface area (Å²) in [5.74, 6) is -0.102. The molecule has 0 aromatic heterocycles. The van der Waals surface area contributed by atoms with Crippen LogP contribution in [-0.4, -0.2) is 107 Å². The van der Waals surface area contributed by atoms with Gasteiger partial charge in [0.1, 0.15) is 11.5 Å². The Labute approximate surface area is 419 Å². The summed E-state index contributed by atoms with van der Waals surface area (Å²) in [5, 5.41) is 3.97. The number of nitrogens with zero attached hydrogens (tertiary/aromatic N) is 2. The van der Waals surface area contributed by atoms with Gasteiger partial charge < -0.3 is 19.3 Å². The van der Waals surface area contributed by atoms with E-state index >= 15 is 0 Å². The van der Waals surface area contributed by atoms with E-state index in [4.69, 9.17) is 18.6 Å². The molecule has 0 amide bonds. The van der Waals surface area contributed by atoms with Gasteiger partial charge in [-0.3, -0.25) is 18.2 Å². The lowest BCUT2D eigenvalue weighted by molar-refractivity contribution is 0.309. The number of fused-ring (bicyclic) bond motifs is 6. The molecule has 16 nitrogen and oxygen atoms in total. The maximum absolute atomic E-state index is 11.6. The molecule has 20 heteroatoms. The molecular formula is C51H66N2O14S4. The van der Waals surface area contributed by atoms with Gasteiger partial charge in [0, 0.05) is 41.0 Å². The van der Waals surface area contributed by atoms with Crippen LogP contribution in [0.3, 0.4) is 0 Å². The zero-order valence-electron chi connectivity index (χ0n) is 40.6. The number of rotatable bonds is 26. The molecule has 6 rings (SSSR count). The van der Waals surface area contributed by atoms with Gasteiger partial charge in [0.15, 0.2) is 0 Å². The summed E-state index contributed by atoms with van der Waals surface area (Å²) in [7, 11) is -16.3. The van der Waals surface area contributed by atoms with Crippen molar-refractivity contribution in [2.45, 2.75) is 95.9 Å². The van der Waals surface area contributed by atoms with E-state index in [0.29, 0.717) is 50.3 Å². The average molecular weight is 1060 g/mol. The highest BCUT2D eigenvalue weighted by atomic mass is 32.2. The molecule has 4 aromatic rings. The molecule has 0 saturated carbocycles. The first-order valence-corrected chi connectivity index (χ1v) is 30.2. The number of anilines is 2. The van der Waals surface area contributed by atoms with Gasteiger partial charge in [-0.2, -0.15) is 33.7 Å². The van der Waals surface area contributed by atoms with Crippen LogP contribution in [0.5, 0.6) is 11.5 Å². The van der Waals surface area contributed by atoms with Gasteiger partial charge in [-0.05, 0) is 127 Å². The van der Waals surface area contributed by atoms with Gasteiger partial charge in [-0.15, -0.1) is 0 Å². The third kappa shape index (κ3) is 15.1. The third-order valence-corrected chi connectivity index (χ3v) is 16.2. The van der Waals surface area contributed by atoms with E-state index in [-0.39, 0.29) is 68.0 Å². The number of allylic oxidation sites excluding steroid dienone is 7. The summed E-state index contributed by atoms with van der Waals surface area (Å²) in [5.41, 5.74) is 4.15. The van der Waals surface area contributed by atoms with Crippen molar-refractivity contribution in [2.75, 3.05) is 59.1 Å². The second-order valence-corrected chi connectivity index (χ2v) is 25.5. The second kappa shape index (κ2) is 23.0. The highest BCUT2D eigenvalue weighted by Gasteiger charge is 2.44. The minimum absolute atomic E-state index is 0.146. The number of hydrogen-bond acceptors (Lipinski definition) is 12. The lowest BCUT2D eigenvalue weighted by Gasteiger charge is -2.32. The van der Waals surface area contributed by atoms with Crippen LogP contribution >= 0.6 is 0 Å². The standard InChI is InChI=1S/C51H66N2O14S4/c1-50(2)46(52(28-10-14-32-68(54,55)56)44-26-22-38-20-24-40(36-42(38)48(44)50)66-30-12-16-34-70(60,61)62)18-8-6-5-7-9-19-47-51(3,4)49-43-37-41(67-31-13-17-35-71(63,64)65)25-21-39(43)23-27-45(49)53(47)29-11-15-33-69(57,58)59/h5-9,18-27,36-37,46H,10-17,28-35H2,1-4H3,(H,54,55,56)(H,57,58,59)(H,60,61,62)(H,63,64,65). The molecule has 4 N–H and O–H groups in total. The second-order valence-electron chi connectivity index (χ2n) is 19.2. The van der Waals surface area contributed by atoms with Crippen molar-refractivity contribution in [1.82, 2.24) is 0 Å². The van der Waals surface area contributed by atoms with E-state index in [1.165, 1.54) is 0 Å². The highest BCUT2D eigenvalue weighted by molar-refractivity contribution is 7.86. The Hall–Kier alpha value is -4.80. The van der Waals surface area contributed by atoms with E-state index in [0.717, 1.165) is 49.7 Å². The molecule has 0 spiro atoms. The van der Waals surface area contributed by atoms with Crippen molar-refractivity contribution in [1.29, 1.82) is 0 Å². The van der Waals surface area contributed by atoms with E-state index in [2.05, 4.69) is 55.7 Å². The fourth-order valence-corrected chi connectivity index (χ4v) is 12.0. The molecule has 0 bridgehead atoms. The Morgan fingerprint density at radius 3 is 1.48 bits per heavy atom. The minimum atomic E-state index is -4.12. The summed E-state index contributed by atoms with van der Waals surface area (Å²) in [6.45, 7) is 10.2. The van der Waals surface area contributed by atoms with Crippen molar-refractivity contribution in [3.05, 3.63) is 120 Å². The number of ether oxygens (including phenoxy) is 2. The van der Waals surface area contributed by atoms with Gasteiger partial charge >= 0.3 is 0 Å². The van der Waals surface area contributed by atoms with Crippen LogP contribution in [-0.2, 0) is 51.3 Å². The maximum atomic E-state index is 11.6. The molecule has 2 aliphatic heterocycles. The SMILES string of the molecule is CC1(C)C(=CC=CC=CC=CC2N(CCCCS(=O)(=O)O)c3ccc4ccc(OCCCCS(=O)(=O)O)cc4c3C2(C)C)N(CCCCS(=O)(=O)O)c2ccc3ccc(OCCCCS(=O)(=O)O)cc3c21. The molecule has 71 heavy (non-hydrogen) atoms. The molecule has 0 fully saturated rings. The Morgan fingerprint density at radius 2 is 0.958 bits per heavy atom. The van der Waals surface area contributed by atoms with Gasteiger partial charge in [0.25, 0.3) is 40.5 Å². The molecule has 0 radical (unpaired) electrons. The molecule has 0 saturated heterocycles. The molecule has 1 unspecified atom stereocenters. The first-order chi connectivity index (χ1) is 33.3. The van der Waals surface area contributed by atoms with Gasteiger partial charge in [0.2, 0.25) is 0 Å². The van der Waals surface area contributed by atoms with Crippen molar-refractivity contribution in [3.63, 3.8) is 0 Å². The van der Waals surface area contributed by atoms with Crippen molar-refractivity contribution >= 4 is 73.4 Å². The molecule has 388 valence electrons. The van der Waals surface area contributed by atoms with Crippen molar-refractivity contribution < 1.29 is 61.4 Å². The smallest absolute Gasteiger partial charge is 0.264 e. The maximum Gasteiger partial charge on any atom is 0.264 e. The average Bonchev–Trinajstić information content (AvgIpc) is 3.62. The topological polar surface area (TPSA) is 242 Å². The molecular weight excluding hydrogens is 993 g/mol. The number of hydrogen-bond donors (Lipinski definition) is 4. The largest absolute Gasteiger partial charge is 0.494 e. The Bertz CT molecular complexity index is 3140. The van der Waals surface area contributed by atoms with Crippen LogP contribution in [0.4, 0.5) is 11.4 Å². The van der Waals surface area contributed by atoms with E-state index in [1.54, 1.807) is 0 Å². The van der Waals surface area contributed by atoms with E-state index in [9.17, 15) is 42.8 Å². The van der Waals surface area contributed by atoms with Gasteiger partial charge in [-0.1, -0.05) is 88.4 Å². The summed E-state index contributed by atoms with van der Waals surface area (Å²) >= 11 is 0. The lowest BCUT2D eigenvalue weighted by atomic mass is 9.78.